The zero-order valence-electron chi connectivity index (χ0n) is 14.7. The number of ether oxygens (including phenoxy) is 1. The van der Waals surface area contributed by atoms with E-state index in [1.165, 1.54) is 0 Å². The van der Waals surface area contributed by atoms with Gasteiger partial charge in [0.25, 0.3) is 0 Å². The van der Waals surface area contributed by atoms with Crippen molar-refractivity contribution in [3.8, 4) is 0 Å². The lowest BCUT2D eigenvalue weighted by Crippen LogP contribution is -2.43. The highest BCUT2D eigenvalue weighted by Gasteiger charge is 2.47. The highest BCUT2D eigenvalue weighted by atomic mass is 16.7. The Balaban J connectivity index is 1.80. The molecule has 0 aromatic heterocycles. The molecule has 1 aliphatic heterocycles. The number of carbonyl (C=O) groups excluding carboxylic acids is 1. The van der Waals surface area contributed by atoms with E-state index in [2.05, 4.69) is 31.2 Å². The Hall–Kier alpha value is -2.17. The molecule has 0 bridgehead atoms. The molecule has 25 heavy (non-hydrogen) atoms. The second-order valence-corrected chi connectivity index (χ2v) is 6.49. The lowest BCUT2D eigenvalue weighted by Gasteiger charge is -2.32. The average molecular weight is 339 g/mol. The smallest absolute Gasteiger partial charge is 0.340 e. The molecule has 1 saturated heterocycles. The van der Waals surface area contributed by atoms with Crippen LogP contribution in [0.3, 0.4) is 0 Å². The molecule has 132 valence electrons. The Kier molecular flexibility index (Phi) is 5.84. The number of hydroxylamine groups is 2. The van der Waals surface area contributed by atoms with E-state index < -0.39 is 5.60 Å². The molecular formula is C21H25NO3. The molecule has 1 atom stereocenters. The van der Waals surface area contributed by atoms with Crippen LogP contribution in [0.25, 0.3) is 0 Å². The fraction of sp³-hybridized carbons (Fsp3) is 0.381. The lowest BCUT2D eigenvalue weighted by atomic mass is 9.96. The van der Waals surface area contributed by atoms with Gasteiger partial charge in [-0.3, -0.25) is 4.84 Å². The molecule has 2 aromatic carbocycles. The minimum atomic E-state index is -0.849. The van der Waals surface area contributed by atoms with Gasteiger partial charge in [0.2, 0.25) is 0 Å². The van der Waals surface area contributed by atoms with Gasteiger partial charge in [-0.25, -0.2) is 4.79 Å². The first-order chi connectivity index (χ1) is 12.2. The van der Waals surface area contributed by atoms with Crippen molar-refractivity contribution in [3.63, 3.8) is 0 Å². The van der Waals surface area contributed by atoms with Gasteiger partial charge in [0, 0.05) is 19.5 Å². The van der Waals surface area contributed by atoms with E-state index in [1.54, 1.807) is 0 Å². The number of esters is 1. The molecule has 4 heteroatoms. The maximum atomic E-state index is 12.4. The highest BCUT2D eigenvalue weighted by molar-refractivity contribution is 5.81. The molecule has 1 fully saturated rings. The van der Waals surface area contributed by atoms with Crippen molar-refractivity contribution in [3.05, 3.63) is 71.8 Å². The van der Waals surface area contributed by atoms with E-state index in [0.717, 1.165) is 17.5 Å². The van der Waals surface area contributed by atoms with Crippen molar-refractivity contribution in [1.29, 1.82) is 0 Å². The Morgan fingerprint density at radius 1 is 1.00 bits per heavy atom. The summed E-state index contributed by atoms with van der Waals surface area (Å²) in [7, 11) is 0. The summed E-state index contributed by atoms with van der Waals surface area (Å²) in [6, 6.07) is 20.3. The van der Waals surface area contributed by atoms with Gasteiger partial charge in [-0.05, 0) is 17.5 Å². The number of benzene rings is 2. The minimum absolute atomic E-state index is 0.236. The van der Waals surface area contributed by atoms with Crippen molar-refractivity contribution in [2.24, 2.45) is 0 Å². The Labute approximate surface area is 149 Å². The molecule has 3 rings (SSSR count). The molecule has 0 aliphatic carbocycles. The molecule has 4 nitrogen and oxygen atoms in total. The summed E-state index contributed by atoms with van der Waals surface area (Å²) in [6.07, 6.45) is 2.16. The molecule has 0 N–H and O–H groups in total. The number of rotatable bonds is 8. The third-order valence-corrected chi connectivity index (χ3v) is 4.47. The van der Waals surface area contributed by atoms with Crippen LogP contribution in [0, 0.1) is 0 Å². The Morgan fingerprint density at radius 2 is 1.56 bits per heavy atom. The topological polar surface area (TPSA) is 38.8 Å². The summed E-state index contributed by atoms with van der Waals surface area (Å²) in [5, 5.41) is 1.90. The average Bonchev–Trinajstić information content (AvgIpc) is 2.97. The van der Waals surface area contributed by atoms with Crippen molar-refractivity contribution in [1.82, 2.24) is 5.06 Å². The largest absolute Gasteiger partial charge is 0.463 e. The predicted octanol–water partition coefficient (Wildman–Crippen LogP) is 4.11. The maximum absolute atomic E-state index is 12.4. The number of carbonyl (C=O) groups is 1. The first-order valence-corrected chi connectivity index (χ1v) is 8.91. The van der Waals surface area contributed by atoms with E-state index >= 15 is 0 Å². The van der Waals surface area contributed by atoms with Gasteiger partial charge in [-0.15, -0.1) is 0 Å². The van der Waals surface area contributed by atoms with Crippen molar-refractivity contribution in [2.75, 3.05) is 6.61 Å². The van der Waals surface area contributed by atoms with Gasteiger partial charge in [0.15, 0.2) is 5.60 Å². The van der Waals surface area contributed by atoms with Crippen LogP contribution in [0.1, 0.15) is 37.3 Å². The summed E-state index contributed by atoms with van der Waals surface area (Å²) >= 11 is 0. The molecule has 0 radical (unpaired) electrons. The summed E-state index contributed by atoms with van der Waals surface area (Å²) in [5.41, 5.74) is 1.45. The molecule has 1 aliphatic rings. The van der Waals surface area contributed by atoms with Crippen LogP contribution in [0.5, 0.6) is 0 Å². The SMILES string of the molecule is CCC[C@@]1(ON(Cc2ccccc2)Cc2ccccc2)CCOC1=O. The lowest BCUT2D eigenvalue weighted by molar-refractivity contribution is -0.254. The van der Waals surface area contributed by atoms with Crippen LogP contribution in [0.2, 0.25) is 0 Å². The maximum Gasteiger partial charge on any atom is 0.340 e. The number of hydrogen-bond acceptors (Lipinski definition) is 4. The van der Waals surface area contributed by atoms with Crippen molar-refractivity contribution in [2.45, 2.75) is 44.9 Å². The van der Waals surface area contributed by atoms with E-state index in [4.69, 9.17) is 9.57 Å². The third-order valence-electron chi connectivity index (χ3n) is 4.47. The zero-order chi connectivity index (χ0) is 17.5. The van der Waals surface area contributed by atoms with Crippen LogP contribution in [0.15, 0.2) is 60.7 Å². The molecule has 0 saturated carbocycles. The highest BCUT2D eigenvalue weighted by Crippen LogP contribution is 2.32. The second kappa shape index (κ2) is 8.28. The van der Waals surface area contributed by atoms with Crippen LogP contribution in [-0.4, -0.2) is 23.2 Å². The van der Waals surface area contributed by atoms with Crippen molar-refractivity contribution >= 4 is 5.97 Å². The number of cyclic esters (lactones) is 1. The standard InChI is InChI=1S/C21H25NO3/c1-2-13-21(14-15-24-20(21)23)25-22(16-18-9-5-3-6-10-18)17-19-11-7-4-8-12-19/h3-12H,2,13-17H2,1H3/t21-/m1/s1. The van der Waals surface area contributed by atoms with Crippen LogP contribution >= 0.6 is 0 Å². The summed E-state index contributed by atoms with van der Waals surface area (Å²) in [5.74, 6) is -0.236. The fourth-order valence-electron chi connectivity index (χ4n) is 3.24. The predicted molar refractivity (Wildman–Crippen MR) is 96.4 cm³/mol. The fourth-order valence-corrected chi connectivity index (χ4v) is 3.24. The number of nitrogens with zero attached hydrogens (tertiary/aromatic N) is 1. The molecule has 0 unspecified atom stereocenters. The normalized spacial score (nSPS) is 20.0. The summed E-state index contributed by atoms with van der Waals surface area (Å²) in [6.45, 7) is 3.74. The summed E-state index contributed by atoms with van der Waals surface area (Å²) < 4.78 is 5.23. The van der Waals surface area contributed by atoms with Crippen LogP contribution in [0.4, 0.5) is 0 Å². The monoisotopic (exact) mass is 339 g/mol. The van der Waals surface area contributed by atoms with Crippen LogP contribution < -0.4 is 0 Å². The van der Waals surface area contributed by atoms with Gasteiger partial charge in [0.1, 0.15) is 0 Å². The van der Waals surface area contributed by atoms with E-state index in [-0.39, 0.29) is 5.97 Å². The van der Waals surface area contributed by atoms with Crippen LogP contribution in [-0.2, 0) is 27.5 Å². The Bertz CT molecular complexity index is 633. The minimum Gasteiger partial charge on any atom is -0.463 e. The van der Waals surface area contributed by atoms with Gasteiger partial charge >= 0.3 is 5.97 Å². The van der Waals surface area contributed by atoms with E-state index in [0.29, 0.717) is 32.5 Å². The summed E-state index contributed by atoms with van der Waals surface area (Å²) in [4.78, 5) is 18.7. The van der Waals surface area contributed by atoms with E-state index in [1.807, 2.05) is 41.5 Å². The first-order valence-electron chi connectivity index (χ1n) is 8.91. The zero-order valence-corrected chi connectivity index (χ0v) is 14.7. The molecule has 2 aromatic rings. The van der Waals surface area contributed by atoms with Gasteiger partial charge < -0.3 is 4.74 Å². The molecule has 0 amide bonds. The quantitative estimate of drug-likeness (QED) is 0.536. The van der Waals surface area contributed by atoms with E-state index in [9.17, 15) is 4.79 Å². The molecule has 1 heterocycles. The van der Waals surface area contributed by atoms with Crippen molar-refractivity contribution < 1.29 is 14.4 Å². The van der Waals surface area contributed by atoms with Gasteiger partial charge in [0.05, 0.1) is 6.61 Å². The Morgan fingerprint density at radius 3 is 2.00 bits per heavy atom. The second-order valence-electron chi connectivity index (χ2n) is 6.49. The number of hydrogen-bond donors (Lipinski definition) is 0. The third kappa shape index (κ3) is 4.47. The van der Waals surface area contributed by atoms with Gasteiger partial charge in [-0.2, -0.15) is 5.06 Å². The van der Waals surface area contributed by atoms with Gasteiger partial charge in [-0.1, -0.05) is 74.0 Å². The molecular weight excluding hydrogens is 314 g/mol. The molecule has 0 spiro atoms. The first kappa shape index (κ1) is 17.6.